The summed E-state index contributed by atoms with van der Waals surface area (Å²) in [7, 11) is 0. The lowest BCUT2D eigenvalue weighted by Gasteiger charge is -2.30. The molecule has 0 aromatic rings. The summed E-state index contributed by atoms with van der Waals surface area (Å²) in [5.74, 6) is -1.44. The predicted octanol–water partition coefficient (Wildman–Crippen LogP) is 1.70. The molecule has 0 radical (unpaired) electrons. The summed E-state index contributed by atoms with van der Waals surface area (Å²) < 4.78 is 10.2. The van der Waals surface area contributed by atoms with Crippen molar-refractivity contribution < 1.29 is 29.0 Å². The topological polar surface area (TPSA) is 102 Å². The van der Waals surface area contributed by atoms with Crippen LogP contribution in [0.15, 0.2) is 0 Å². The van der Waals surface area contributed by atoms with Crippen LogP contribution in [0, 0.1) is 0 Å². The molecular weight excluding hydrogens is 266 g/mol. The fraction of sp³-hybridized carbons (Fsp3) is 0.769. The number of aldehydes is 1. The van der Waals surface area contributed by atoms with Crippen LogP contribution in [0.1, 0.15) is 47.0 Å². The van der Waals surface area contributed by atoms with Gasteiger partial charge in [-0.05, 0) is 27.2 Å². The summed E-state index contributed by atoms with van der Waals surface area (Å²) in [4.78, 5) is 33.7. The summed E-state index contributed by atoms with van der Waals surface area (Å²) in [6.45, 7) is 6.96. The molecule has 1 unspecified atom stereocenters. The number of aliphatic carboxylic acids is 1. The molecule has 0 rings (SSSR count). The van der Waals surface area contributed by atoms with Crippen molar-refractivity contribution >= 4 is 18.3 Å². The first-order valence-corrected chi connectivity index (χ1v) is 6.49. The molecule has 0 spiro atoms. The largest absolute Gasteiger partial charge is 0.478 e. The molecule has 0 aliphatic rings. The minimum atomic E-state index is -2.08. The van der Waals surface area contributed by atoms with Crippen LogP contribution in [0.2, 0.25) is 0 Å². The van der Waals surface area contributed by atoms with E-state index in [-0.39, 0.29) is 6.61 Å². The summed E-state index contributed by atoms with van der Waals surface area (Å²) in [6.07, 6.45) is 0.355. The van der Waals surface area contributed by atoms with E-state index in [2.05, 4.69) is 5.32 Å². The summed E-state index contributed by atoms with van der Waals surface area (Å²) >= 11 is 0. The van der Waals surface area contributed by atoms with E-state index in [1.165, 1.54) is 0 Å². The summed E-state index contributed by atoms with van der Waals surface area (Å²) in [5, 5.41) is 11.4. The minimum absolute atomic E-state index is 0.117. The Morgan fingerprint density at radius 1 is 1.30 bits per heavy atom. The Bertz CT molecular complexity index is 349. The number of nitrogens with one attached hydrogen (secondary N) is 1. The lowest BCUT2D eigenvalue weighted by molar-refractivity contribution is -0.172. The van der Waals surface area contributed by atoms with E-state index < -0.39 is 29.8 Å². The second-order valence-electron chi connectivity index (χ2n) is 5.33. The fourth-order valence-corrected chi connectivity index (χ4v) is 1.33. The van der Waals surface area contributed by atoms with Crippen molar-refractivity contribution in [3.63, 3.8) is 0 Å². The number of hydrogen-bond acceptors (Lipinski definition) is 5. The Morgan fingerprint density at radius 3 is 2.30 bits per heavy atom. The van der Waals surface area contributed by atoms with Crippen molar-refractivity contribution in [2.24, 2.45) is 0 Å². The minimum Gasteiger partial charge on any atom is -0.478 e. The molecule has 0 aliphatic heterocycles. The van der Waals surface area contributed by atoms with E-state index in [1.807, 2.05) is 6.92 Å². The van der Waals surface area contributed by atoms with Gasteiger partial charge in [0.15, 0.2) is 0 Å². The third-order valence-corrected chi connectivity index (χ3v) is 2.27. The number of carboxylic acid groups (broad SMARTS) is 1. The van der Waals surface area contributed by atoms with Crippen LogP contribution in [0.25, 0.3) is 0 Å². The highest BCUT2D eigenvalue weighted by molar-refractivity contribution is 5.85. The van der Waals surface area contributed by atoms with Crippen LogP contribution in [0.5, 0.6) is 0 Å². The van der Waals surface area contributed by atoms with Crippen molar-refractivity contribution in [3.05, 3.63) is 0 Å². The standard InChI is InChI=1S/C13H23NO6/c1-5-6-9-19-13(7-8-15,10(16)17)14-11(18)20-12(2,3)4/h8H,5-7,9H2,1-4H3,(H,14,18)(H,16,17). The normalized spacial score (nSPS) is 14.2. The van der Waals surface area contributed by atoms with E-state index in [9.17, 15) is 19.5 Å². The first kappa shape index (κ1) is 18.4. The molecule has 2 N–H and O–H groups in total. The highest BCUT2D eigenvalue weighted by Gasteiger charge is 2.42. The molecule has 1 atom stereocenters. The second-order valence-corrected chi connectivity index (χ2v) is 5.33. The number of rotatable bonds is 8. The van der Waals surface area contributed by atoms with Gasteiger partial charge in [0.05, 0.1) is 13.0 Å². The van der Waals surface area contributed by atoms with Gasteiger partial charge >= 0.3 is 12.1 Å². The molecule has 0 saturated heterocycles. The zero-order valence-electron chi connectivity index (χ0n) is 12.4. The van der Waals surface area contributed by atoms with Gasteiger partial charge < -0.3 is 19.4 Å². The Balaban J connectivity index is 4.94. The van der Waals surface area contributed by atoms with Crippen LogP contribution in [-0.2, 0) is 19.1 Å². The lowest BCUT2D eigenvalue weighted by Crippen LogP contribution is -2.57. The molecule has 116 valence electrons. The maximum atomic E-state index is 11.7. The van der Waals surface area contributed by atoms with E-state index in [0.29, 0.717) is 12.7 Å². The third kappa shape index (κ3) is 6.51. The average Bonchev–Trinajstić information content (AvgIpc) is 2.26. The van der Waals surface area contributed by atoms with Crippen molar-refractivity contribution in [1.29, 1.82) is 0 Å². The molecule has 0 bridgehead atoms. The van der Waals surface area contributed by atoms with Crippen LogP contribution in [0.4, 0.5) is 4.79 Å². The van der Waals surface area contributed by atoms with E-state index in [0.717, 1.165) is 6.42 Å². The molecule has 1 amide bonds. The number of carbonyl (C=O) groups is 3. The fourth-order valence-electron chi connectivity index (χ4n) is 1.33. The van der Waals surface area contributed by atoms with E-state index >= 15 is 0 Å². The molecular formula is C13H23NO6. The van der Waals surface area contributed by atoms with Crippen molar-refractivity contribution in [2.45, 2.75) is 58.3 Å². The summed E-state index contributed by atoms with van der Waals surface area (Å²) in [5.41, 5.74) is -2.86. The highest BCUT2D eigenvalue weighted by Crippen LogP contribution is 2.15. The maximum Gasteiger partial charge on any atom is 0.410 e. The first-order valence-electron chi connectivity index (χ1n) is 6.49. The van der Waals surface area contributed by atoms with Gasteiger partial charge in [-0.15, -0.1) is 0 Å². The molecule has 20 heavy (non-hydrogen) atoms. The molecule has 7 heteroatoms. The van der Waals surface area contributed by atoms with Gasteiger partial charge in [-0.25, -0.2) is 9.59 Å². The van der Waals surface area contributed by atoms with Crippen LogP contribution < -0.4 is 5.32 Å². The van der Waals surface area contributed by atoms with Crippen molar-refractivity contribution in [2.75, 3.05) is 6.61 Å². The van der Waals surface area contributed by atoms with Crippen LogP contribution in [0.3, 0.4) is 0 Å². The Labute approximate surface area is 118 Å². The summed E-state index contributed by atoms with van der Waals surface area (Å²) in [6, 6.07) is 0. The van der Waals surface area contributed by atoms with Gasteiger partial charge in [-0.2, -0.15) is 0 Å². The number of unbranched alkanes of at least 4 members (excludes halogenated alkanes) is 1. The average molecular weight is 289 g/mol. The Kier molecular flexibility index (Phi) is 7.20. The molecule has 0 saturated carbocycles. The van der Waals surface area contributed by atoms with Gasteiger partial charge in [0, 0.05) is 0 Å². The SMILES string of the molecule is CCCCOC(CC=O)(NC(=O)OC(C)(C)C)C(=O)O. The molecule has 0 fully saturated rings. The Morgan fingerprint density at radius 2 is 1.90 bits per heavy atom. The van der Waals surface area contributed by atoms with Gasteiger partial charge in [0.1, 0.15) is 11.9 Å². The quantitative estimate of drug-likeness (QED) is 0.400. The zero-order valence-corrected chi connectivity index (χ0v) is 12.4. The number of amides is 1. The van der Waals surface area contributed by atoms with Gasteiger partial charge in [-0.1, -0.05) is 13.3 Å². The van der Waals surface area contributed by atoms with E-state index in [4.69, 9.17) is 9.47 Å². The molecule has 0 aliphatic carbocycles. The number of ether oxygens (including phenoxy) is 2. The van der Waals surface area contributed by atoms with Crippen LogP contribution >= 0.6 is 0 Å². The number of hydrogen-bond donors (Lipinski definition) is 2. The second kappa shape index (κ2) is 7.84. The van der Waals surface area contributed by atoms with Crippen molar-refractivity contribution in [1.82, 2.24) is 5.32 Å². The predicted molar refractivity (Wildman–Crippen MR) is 71.3 cm³/mol. The molecule has 0 aromatic carbocycles. The van der Waals surface area contributed by atoms with E-state index in [1.54, 1.807) is 20.8 Å². The number of carbonyl (C=O) groups excluding carboxylic acids is 2. The maximum absolute atomic E-state index is 11.7. The molecule has 0 heterocycles. The lowest BCUT2D eigenvalue weighted by atomic mass is 10.1. The first-order chi connectivity index (χ1) is 9.17. The van der Waals surface area contributed by atoms with Crippen molar-refractivity contribution in [3.8, 4) is 0 Å². The zero-order chi connectivity index (χ0) is 15.8. The molecule has 7 nitrogen and oxygen atoms in total. The third-order valence-electron chi connectivity index (χ3n) is 2.27. The number of carboxylic acids is 1. The molecule has 0 aromatic heterocycles. The highest BCUT2D eigenvalue weighted by atomic mass is 16.6. The number of alkyl carbamates (subject to hydrolysis) is 1. The van der Waals surface area contributed by atoms with Gasteiger partial charge in [0.25, 0.3) is 0 Å². The van der Waals surface area contributed by atoms with Gasteiger partial charge in [0.2, 0.25) is 5.72 Å². The Hall–Kier alpha value is -1.63. The smallest absolute Gasteiger partial charge is 0.410 e. The monoisotopic (exact) mass is 289 g/mol. The van der Waals surface area contributed by atoms with Crippen LogP contribution in [-0.4, -0.2) is 41.4 Å². The van der Waals surface area contributed by atoms with Gasteiger partial charge in [-0.3, -0.25) is 5.32 Å².